The van der Waals surface area contributed by atoms with Crippen molar-refractivity contribution in [2.75, 3.05) is 0 Å². The summed E-state index contributed by atoms with van der Waals surface area (Å²) in [5, 5.41) is 3.35. The normalized spacial score (nSPS) is 17.2. The first kappa shape index (κ1) is 29.1. The van der Waals surface area contributed by atoms with Gasteiger partial charge < -0.3 is 24.8 Å². The van der Waals surface area contributed by atoms with E-state index in [9.17, 15) is 0 Å². The van der Waals surface area contributed by atoms with Gasteiger partial charge in [0.1, 0.15) is 0 Å². The Kier molecular flexibility index (Phi) is 10.3. The van der Waals surface area contributed by atoms with E-state index < -0.39 is 21.3 Å². The number of hydrogen-bond donors (Lipinski definition) is 0. The van der Waals surface area contributed by atoms with Gasteiger partial charge in [0, 0.05) is 0 Å². The van der Waals surface area contributed by atoms with Crippen LogP contribution in [0.15, 0.2) is 121 Å². The number of fused-ring (bicyclic) bond motifs is 2. The van der Waals surface area contributed by atoms with E-state index in [2.05, 4.69) is 121 Å². The van der Waals surface area contributed by atoms with Crippen LogP contribution in [0.5, 0.6) is 0 Å². The van der Waals surface area contributed by atoms with Crippen molar-refractivity contribution in [2.45, 2.75) is 19.3 Å². The van der Waals surface area contributed by atoms with E-state index >= 15 is 0 Å². The van der Waals surface area contributed by atoms with E-state index in [4.69, 9.17) is 4.21 Å². The third kappa shape index (κ3) is 6.14. The summed E-state index contributed by atoms with van der Waals surface area (Å²) in [6.07, 6.45) is 5.38. The zero-order valence-corrected chi connectivity index (χ0v) is 28.3. The summed E-state index contributed by atoms with van der Waals surface area (Å²) in [6.45, 7) is 0. The first-order valence-corrected chi connectivity index (χ1v) is 21.1. The Labute approximate surface area is 251 Å². The Bertz CT molecular complexity index is 1350. The second-order valence-corrected chi connectivity index (χ2v) is 19.5. The van der Waals surface area contributed by atoms with Gasteiger partial charge in [0.05, 0.1) is 0 Å². The molecule has 6 rings (SSSR count). The van der Waals surface area contributed by atoms with Crippen molar-refractivity contribution < 1.29 is 46.1 Å². The quantitative estimate of drug-likeness (QED) is 0.236. The van der Waals surface area contributed by atoms with Crippen molar-refractivity contribution in [3.8, 4) is 0 Å². The molecule has 2 aliphatic rings. The molecule has 0 bridgehead atoms. The van der Waals surface area contributed by atoms with Crippen molar-refractivity contribution in [3.63, 3.8) is 0 Å². The zero-order chi connectivity index (χ0) is 24.3. The molecule has 0 N–H and O–H groups in total. The number of halogens is 2. The summed E-state index contributed by atoms with van der Waals surface area (Å²) in [7, 11) is -0.711. The van der Waals surface area contributed by atoms with E-state index in [-0.39, 0.29) is 43.9 Å². The fraction of sp³-hybridized carbons (Fsp3) is 0.121. The molecule has 0 radical (unpaired) electrons. The van der Waals surface area contributed by atoms with Gasteiger partial charge in [-0.3, -0.25) is 0 Å². The largest absolute Gasteiger partial charge is 1.00 e. The molecule has 2 aliphatic carbocycles. The maximum atomic E-state index is 5.04. The van der Waals surface area contributed by atoms with Crippen LogP contribution >= 0.6 is 0 Å². The predicted octanol–water partition coefficient (Wildman–Crippen LogP) is -0.0258. The van der Waals surface area contributed by atoms with Crippen molar-refractivity contribution in [1.82, 2.24) is 0 Å². The Morgan fingerprint density at radius 3 is 1.32 bits per heavy atom. The van der Waals surface area contributed by atoms with E-state index in [0.29, 0.717) is 7.25 Å². The molecule has 38 heavy (non-hydrogen) atoms. The van der Waals surface area contributed by atoms with Gasteiger partial charge in [-0.1, -0.05) is 0 Å². The molecule has 0 saturated carbocycles. The minimum absolute atomic E-state index is 0. The Morgan fingerprint density at radius 2 is 0.895 bits per heavy atom. The van der Waals surface area contributed by atoms with E-state index in [1.807, 2.05) is 0 Å². The molecule has 0 spiro atoms. The summed E-state index contributed by atoms with van der Waals surface area (Å²) in [4.78, 5) is 0. The maximum absolute atomic E-state index is 5.04. The average molecular weight is 647 g/mol. The molecule has 2 unspecified atom stereocenters. The second kappa shape index (κ2) is 13.5. The molecule has 0 aromatic heterocycles. The molecule has 0 amide bonds. The SMILES string of the molecule is [CH2]=[Zr+2]([CH]1C=C([SiH2]Cc2ccccc2)c2ccccc21)[CH]1C=C([SiH2]Cc2ccccc2)c2ccccc21.[Cl-].[Cl-]. The van der Waals surface area contributed by atoms with Gasteiger partial charge in [-0.25, -0.2) is 0 Å². The predicted molar refractivity (Wildman–Crippen MR) is 159 cm³/mol. The standard InChI is InChI=1S/2C16H15Si.CH2.2ClH.Zr/c2*1-2-6-13(7-3-1)12-17-16-11-10-14-8-4-5-9-15(14)16;;;;/h2*1-11H,12,17H2;1H2;2*1H;/q;;;;;+2/p-2. The summed E-state index contributed by atoms with van der Waals surface area (Å²) < 4.78 is 6.22. The van der Waals surface area contributed by atoms with Crippen LogP contribution < -0.4 is 24.8 Å². The van der Waals surface area contributed by atoms with Gasteiger partial charge in [-0.2, -0.15) is 0 Å². The molecule has 0 saturated heterocycles. The fourth-order valence-corrected chi connectivity index (χ4v) is 17.1. The van der Waals surface area contributed by atoms with Crippen molar-refractivity contribution >= 4 is 33.6 Å². The third-order valence-electron chi connectivity index (χ3n) is 7.87. The van der Waals surface area contributed by atoms with Crippen LogP contribution in [-0.2, 0) is 33.4 Å². The number of allylic oxidation sites excluding steroid dienone is 2. The molecule has 0 nitrogen and oxygen atoms in total. The minimum Gasteiger partial charge on any atom is -1.00 e. The van der Waals surface area contributed by atoms with Crippen LogP contribution in [0.25, 0.3) is 10.4 Å². The fourth-order valence-electron chi connectivity index (χ4n) is 5.97. The topological polar surface area (TPSA) is 0 Å². The first-order valence-electron chi connectivity index (χ1n) is 13.1. The molecular formula is C33H32Cl2Si2Zr. The molecule has 4 aromatic carbocycles. The summed E-state index contributed by atoms with van der Waals surface area (Å²) in [6, 6.07) is 43.1. The number of benzene rings is 4. The Morgan fingerprint density at radius 1 is 0.526 bits per heavy atom. The summed E-state index contributed by atoms with van der Waals surface area (Å²) >= 11 is -2.13. The van der Waals surface area contributed by atoms with E-state index in [1.54, 1.807) is 32.6 Å². The Balaban J connectivity index is 0.00000168. The number of rotatable bonds is 8. The van der Waals surface area contributed by atoms with Crippen molar-refractivity contribution in [1.29, 1.82) is 0 Å². The molecule has 4 aromatic rings. The maximum Gasteiger partial charge on any atom is -1.00 e. The van der Waals surface area contributed by atoms with Gasteiger partial charge in [0.15, 0.2) is 0 Å². The molecule has 190 valence electrons. The smallest absolute Gasteiger partial charge is 1.00 e. The average Bonchev–Trinajstić information content (AvgIpc) is 3.50. The van der Waals surface area contributed by atoms with Crippen LogP contribution in [-0.4, -0.2) is 23.3 Å². The molecule has 2 atom stereocenters. The van der Waals surface area contributed by atoms with E-state index in [1.165, 1.54) is 23.2 Å². The summed E-state index contributed by atoms with van der Waals surface area (Å²) in [5.74, 6) is 0. The van der Waals surface area contributed by atoms with Crippen LogP contribution in [0, 0.1) is 0 Å². The van der Waals surface area contributed by atoms with Gasteiger partial charge in [0.25, 0.3) is 0 Å². The van der Waals surface area contributed by atoms with Gasteiger partial charge in [-0.05, 0) is 0 Å². The second-order valence-electron chi connectivity index (χ2n) is 10.1. The third-order valence-corrected chi connectivity index (χ3v) is 18.1. The van der Waals surface area contributed by atoms with Gasteiger partial charge in [0.2, 0.25) is 0 Å². The molecule has 0 heterocycles. The van der Waals surface area contributed by atoms with Crippen LogP contribution in [0.2, 0.25) is 0 Å². The van der Waals surface area contributed by atoms with Crippen molar-refractivity contribution in [3.05, 3.63) is 155 Å². The molecule has 0 aliphatic heterocycles. The minimum atomic E-state index is -2.13. The van der Waals surface area contributed by atoms with Crippen LogP contribution in [0.3, 0.4) is 0 Å². The monoisotopic (exact) mass is 644 g/mol. The van der Waals surface area contributed by atoms with Gasteiger partial charge >= 0.3 is 229 Å². The van der Waals surface area contributed by atoms with Crippen LogP contribution in [0.1, 0.15) is 40.6 Å². The molecular weight excluding hydrogens is 615 g/mol. The zero-order valence-electron chi connectivity index (χ0n) is 21.5. The Hall–Kier alpha value is -1.87. The van der Waals surface area contributed by atoms with Crippen LogP contribution in [0.4, 0.5) is 0 Å². The van der Waals surface area contributed by atoms with Gasteiger partial charge in [-0.15, -0.1) is 0 Å². The number of hydrogen-bond acceptors (Lipinski definition) is 0. The first-order chi connectivity index (χ1) is 17.8. The summed E-state index contributed by atoms with van der Waals surface area (Å²) in [5.41, 5.74) is 9.22. The van der Waals surface area contributed by atoms with Crippen molar-refractivity contribution in [2.24, 2.45) is 0 Å². The van der Waals surface area contributed by atoms with E-state index in [0.717, 1.165) is 0 Å². The molecule has 0 fully saturated rings. The molecule has 5 heteroatoms.